The van der Waals surface area contributed by atoms with Crippen molar-refractivity contribution in [3.63, 3.8) is 0 Å². The lowest BCUT2D eigenvalue weighted by molar-refractivity contribution is -0.136. The highest BCUT2D eigenvalue weighted by Crippen LogP contribution is 2.52. The molecule has 4 fully saturated rings. The van der Waals surface area contributed by atoms with Gasteiger partial charge in [0, 0.05) is 79.1 Å². The molecule has 6 heterocycles. The number of rotatable bonds is 20. The normalized spacial score (nSPS) is 20.7. The third-order valence-electron chi connectivity index (χ3n) is 18.4. The van der Waals surface area contributed by atoms with Crippen LogP contribution in [0.4, 0.5) is 27.3 Å². The molecule has 5 amide bonds. The van der Waals surface area contributed by atoms with E-state index in [0.29, 0.717) is 78.6 Å². The molecule has 11 rings (SSSR count). The number of imidazole rings is 1. The fourth-order valence-corrected chi connectivity index (χ4v) is 13.7. The fourth-order valence-electron chi connectivity index (χ4n) is 13.7. The number of unbranched alkanes of at least 4 members (excludes halogenated alkanes) is 6. The summed E-state index contributed by atoms with van der Waals surface area (Å²) in [4.78, 5) is 111. The first-order valence-corrected chi connectivity index (χ1v) is 30.6. The Hall–Kier alpha value is -7.34. The quantitative estimate of drug-likeness (QED) is 0.0379. The smallest absolute Gasteiger partial charge is 0.262 e. The van der Waals surface area contributed by atoms with Crippen LogP contribution in [0.1, 0.15) is 192 Å². The van der Waals surface area contributed by atoms with Gasteiger partial charge < -0.3 is 35.2 Å². The minimum absolute atomic E-state index is 0.0190. The Bertz CT molecular complexity index is 3370. The Balaban J connectivity index is 0.710. The molecule has 5 aromatic rings. The summed E-state index contributed by atoms with van der Waals surface area (Å²) in [6.07, 6.45) is 15.9. The molecule has 6 aliphatic rings. The summed E-state index contributed by atoms with van der Waals surface area (Å²) in [5.41, 5.74) is 6.26. The Labute approximate surface area is 485 Å². The van der Waals surface area contributed by atoms with E-state index in [4.69, 9.17) is 9.97 Å². The van der Waals surface area contributed by atoms with E-state index in [2.05, 4.69) is 51.7 Å². The average Bonchev–Trinajstić information content (AvgIpc) is 3.97. The summed E-state index contributed by atoms with van der Waals surface area (Å²) >= 11 is 0. The summed E-state index contributed by atoms with van der Waals surface area (Å²) in [6.45, 7) is 13.5. The zero-order valence-corrected chi connectivity index (χ0v) is 48.8. The number of ketones is 2. The number of imide groups is 1. The molecular formula is C65H79FN10O7. The number of halogens is 1. The number of nitrogens with one attached hydrogen (secondary N) is 3. The first-order valence-electron chi connectivity index (χ1n) is 30.6. The van der Waals surface area contributed by atoms with Crippen molar-refractivity contribution in [3.05, 3.63) is 94.6 Å². The van der Waals surface area contributed by atoms with Crippen LogP contribution in [-0.4, -0.2) is 127 Å². The topological polar surface area (TPSA) is 199 Å². The second-order valence-electron chi connectivity index (χ2n) is 24.7. The number of amides is 5. The summed E-state index contributed by atoms with van der Waals surface area (Å²) in [7, 11) is 0. The molecule has 3 aromatic carbocycles. The molecule has 2 aromatic heterocycles. The van der Waals surface area contributed by atoms with E-state index in [9.17, 15) is 28.8 Å². The van der Waals surface area contributed by atoms with Crippen molar-refractivity contribution in [1.82, 2.24) is 34.6 Å². The Kier molecular flexibility index (Phi) is 16.7. The second-order valence-corrected chi connectivity index (χ2v) is 24.7. The standard InChI is InChI=1S/C65H79FN10O7/c1-39(2)69-61(80)48-36-53(51(66)30-41(48)5)71-60-59-54(68-38-74(59)40(3)4)37-52(70-60)42-17-21-50-56(31-42)75(45-33-44(34-45)72-26-14-11-15-27-72)64(83)65(50)23-28-73(29-24-65)58(79)16-12-9-7-6-8-10-13-25-67-43-18-20-47-49(32-43)63(82)76(62(47)81)55-22-19-46(77)35-57(55)78/h17-18,20-21,30-32,36-40,44-45,55,67H,6-16,19,22-29,33-35H2,1-5H3,(H,69,80)(H,70,71). The van der Waals surface area contributed by atoms with Gasteiger partial charge in [-0.1, -0.05) is 50.7 Å². The van der Waals surface area contributed by atoms with Gasteiger partial charge in [0.15, 0.2) is 11.6 Å². The summed E-state index contributed by atoms with van der Waals surface area (Å²) in [6, 6.07) is 15.8. The molecule has 83 heavy (non-hydrogen) atoms. The molecule has 1 spiro atoms. The van der Waals surface area contributed by atoms with Gasteiger partial charge in [0.25, 0.3) is 17.7 Å². The first kappa shape index (κ1) is 57.5. The number of aryl methyl sites for hydroxylation is 1. The monoisotopic (exact) mass is 1130 g/mol. The van der Waals surface area contributed by atoms with Crippen LogP contribution in [0.3, 0.4) is 0 Å². The van der Waals surface area contributed by atoms with Gasteiger partial charge in [0.2, 0.25) is 11.8 Å². The zero-order valence-electron chi connectivity index (χ0n) is 48.8. The van der Waals surface area contributed by atoms with Gasteiger partial charge in [-0.05, 0) is 159 Å². The molecule has 0 radical (unpaired) electrons. The summed E-state index contributed by atoms with van der Waals surface area (Å²) in [5.74, 6) is -1.63. The number of likely N-dealkylation sites (tertiary alicyclic amines) is 2. The summed E-state index contributed by atoms with van der Waals surface area (Å²) in [5, 5.41) is 9.58. The molecule has 2 aliphatic carbocycles. The number of piperidine rings is 2. The lowest BCUT2D eigenvalue weighted by Gasteiger charge is -2.48. The molecule has 0 bridgehead atoms. The van der Waals surface area contributed by atoms with E-state index < -0.39 is 29.1 Å². The minimum atomic E-state index is -0.885. The van der Waals surface area contributed by atoms with E-state index in [1.54, 1.807) is 37.5 Å². The van der Waals surface area contributed by atoms with E-state index >= 15 is 9.18 Å². The lowest BCUT2D eigenvalue weighted by Crippen LogP contribution is -2.58. The zero-order chi connectivity index (χ0) is 58.3. The molecular weight excluding hydrogens is 1050 g/mol. The van der Waals surface area contributed by atoms with Crippen LogP contribution in [0.15, 0.2) is 60.9 Å². The maximum Gasteiger partial charge on any atom is 0.262 e. The SMILES string of the molecule is Cc1cc(F)c(Nc2nc(-c3ccc4c(c3)N(C3CC(N5CCCCC5)C3)C(=O)C43CCN(C(=O)CCCCCCCCCNc4ccc5c(c4)C(=O)N(C4CCC(=O)CC4=O)C5=O)CC3)cc3ncn(C(C)C)c23)cc1C(=O)NC(C)C. The van der Waals surface area contributed by atoms with Crippen molar-refractivity contribution in [3.8, 4) is 11.3 Å². The number of anilines is 4. The molecule has 2 saturated heterocycles. The Morgan fingerprint density at radius 2 is 1.51 bits per heavy atom. The van der Waals surface area contributed by atoms with E-state index in [1.165, 1.54) is 25.3 Å². The lowest BCUT2D eigenvalue weighted by atomic mass is 9.73. The van der Waals surface area contributed by atoms with Crippen LogP contribution in [0.2, 0.25) is 0 Å². The number of fused-ring (bicyclic) bond motifs is 4. The molecule has 4 aliphatic heterocycles. The largest absolute Gasteiger partial charge is 0.385 e. The number of hydrogen-bond acceptors (Lipinski definition) is 12. The van der Waals surface area contributed by atoms with Crippen LogP contribution < -0.4 is 20.9 Å². The number of carbonyl (C=O) groups excluding carboxylic acids is 7. The van der Waals surface area contributed by atoms with Gasteiger partial charge in [-0.25, -0.2) is 14.4 Å². The van der Waals surface area contributed by atoms with Crippen LogP contribution in [-0.2, 0) is 24.6 Å². The molecule has 3 N–H and O–H groups in total. The summed E-state index contributed by atoms with van der Waals surface area (Å²) < 4.78 is 17.9. The predicted molar refractivity (Wildman–Crippen MR) is 318 cm³/mol. The number of aromatic nitrogens is 3. The van der Waals surface area contributed by atoms with Gasteiger partial charge in [-0.2, -0.15) is 0 Å². The number of carbonyl (C=O) groups is 7. The molecule has 1 atom stereocenters. The molecule has 1 unspecified atom stereocenters. The number of pyridine rings is 1. The third kappa shape index (κ3) is 11.4. The van der Waals surface area contributed by atoms with Crippen molar-refractivity contribution in [1.29, 1.82) is 0 Å². The van der Waals surface area contributed by atoms with Gasteiger partial charge >= 0.3 is 0 Å². The minimum Gasteiger partial charge on any atom is -0.385 e. The van der Waals surface area contributed by atoms with Crippen molar-refractivity contribution >= 4 is 75.0 Å². The van der Waals surface area contributed by atoms with Crippen LogP contribution in [0.5, 0.6) is 0 Å². The second kappa shape index (κ2) is 24.1. The number of hydrogen-bond donors (Lipinski definition) is 3. The highest BCUT2D eigenvalue weighted by atomic mass is 19.1. The van der Waals surface area contributed by atoms with Crippen LogP contribution in [0.25, 0.3) is 22.3 Å². The number of Topliss-reactive ketones (excluding diaryl/α,β-unsaturated/α-hetero) is 2. The highest BCUT2D eigenvalue weighted by molar-refractivity contribution is 6.24. The van der Waals surface area contributed by atoms with E-state index in [-0.39, 0.29) is 83.5 Å². The highest BCUT2D eigenvalue weighted by Gasteiger charge is 2.56. The molecule has 18 heteroatoms. The van der Waals surface area contributed by atoms with Crippen molar-refractivity contribution < 1.29 is 38.0 Å². The van der Waals surface area contributed by atoms with Gasteiger partial charge in [-0.15, -0.1) is 0 Å². The van der Waals surface area contributed by atoms with Crippen molar-refractivity contribution in [2.24, 2.45) is 0 Å². The maximum absolute atomic E-state index is 15.9. The third-order valence-corrected chi connectivity index (χ3v) is 18.4. The predicted octanol–water partition coefficient (Wildman–Crippen LogP) is 10.8. The van der Waals surface area contributed by atoms with E-state index in [1.807, 2.05) is 35.4 Å². The fraction of sp³-hybridized carbons (Fsp3) is 0.523. The molecule has 17 nitrogen and oxygen atoms in total. The average molecular weight is 1130 g/mol. The van der Waals surface area contributed by atoms with Crippen molar-refractivity contribution in [2.75, 3.05) is 48.3 Å². The van der Waals surface area contributed by atoms with Crippen LogP contribution >= 0.6 is 0 Å². The Morgan fingerprint density at radius 3 is 2.23 bits per heavy atom. The van der Waals surface area contributed by atoms with E-state index in [0.717, 1.165) is 98.3 Å². The first-order chi connectivity index (χ1) is 40.0. The van der Waals surface area contributed by atoms with Crippen LogP contribution in [0, 0.1) is 12.7 Å². The maximum atomic E-state index is 15.9. The van der Waals surface area contributed by atoms with Gasteiger partial charge in [0.05, 0.1) is 52.2 Å². The Morgan fingerprint density at radius 1 is 0.783 bits per heavy atom. The van der Waals surface area contributed by atoms with Gasteiger partial charge in [0.1, 0.15) is 17.1 Å². The van der Waals surface area contributed by atoms with Crippen molar-refractivity contribution in [2.45, 2.75) is 186 Å². The molecule has 438 valence electrons. The molecule has 2 saturated carbocycles. The number of benzene rings is 3. The van der Waals surface area contributed by atoms with Gasteiger partial charge in [-0.3, -0.25) is 38.5 Å². The number of nitrogens with zero attached hydrogens (tertiary/aromatic N) is 7.